The molecule has 0 aromatic rings. The van der Waals surface area contributed by atoms with E-state index in [1.807, 2.05) is 13.8 Å². The summed E-state index contributed by atoms with van der Waals surface area (Å²) in [6.07, 6.45) is 1.78. The number of aliphatic carboxylic acids is 1. The molecule has 0 aliphatic heterocycles. The average Bonchev–Trinajstić information content (AvgIpc) is 2.78. The second-order valence-corrected chi connectivity index (χ2v) is 5.16. The second-order valence-electron chi connectivity index (χ2n) is 5.16. The molecule has 1 saturated carbocycles. The van der Waals surface area contributed by atoms with E-state index in [1.54, 1.807) is 12.0 Å². The molecule has 0 heterocycles. The Morgan fingerprint density at radius 3 is 2.39 bits per heavy atom. The number of carbonyl (C=O) groups excluding carboxylic acids is 1. The predicted octanol–water partition coefficient (Wildman–Crippen LogP) is 1.37. The molecule has 104 valence electrons. The molecule has 2 atom stereocenters. The number of carboxylic acids is 1. The summed E-state index contributed by atoms with van der Waals surface area (Å²) in [5.41, 5.74) is 0. The number of amides is 1. The summed E-state index contributed by atoms with van der Waals surface area (Å²) < 4.78 is 5.01. The first-order valence-electron chi connectivity index (χ1n) is 6.49. The molecule has 0 spiro atoms. The minimum atomic E-state index is -0.779. The van der Waals surface area contributed by atoms with E-state index in [-0.39, 0.29) is 23.8 Å². The van der Waals surface area contributed by atoms with Gasteiger partial charge in [0, 0.05) is 25.6 Å². The highest BCUT2D eigenvalue weighted by Crippen LogP contribution is 2.32. The van der Waals surface area contributed by atoms with E-state index in [9.17, 15) is 9.59 Å². The maximum atomic E-state index is 12.3. The lowest BCUT2D eigenvalue weighted by atomic mass is 10.0. The lowest BCUT2D eigenvalue weighted by molar-refractivity contribution is -0.142. The lowest BCUT2D eigenvalue weighted by Gasteiger charge is -2.29. The normalized spacial score (nSPS) is 23.3. The highest BCUT2D eigenvalue weighted by atomic mass is 16.5. The van der Waals surface area contributed by atoms with Gasteiger partial charge in [0.1, 0.15) is 0 Å². The third-order valence-electron chi connectivity index (χ3n) is 3.57. The predicted molar refractivity (Wildman–Crippen MR) is 67.2 cm³/mol. The largest absolute Gasteiger partial charge is 0.481 e. The van der Waals surface area contributed by atoms with Crippen molar-refractivity contribution in [2.24, 2.45) is 11.8 Å². The summed E-state index contributed by atoms with van der Waals surface area (Å²) in [6.45, 7) is 5.02. The van der Waals surface area contributed by atoms with Crippen LogP contribution in [0.5, 0.6) is 0 Å². The highest BCUT2D eigenvalue weighted by Gasteiger charge is 2.36. The van der Waals surface area contributed by atoms with E-state index in [4.69, 9.17) is 9.84 Å². The molecule has 1 rings (SSSR count). The number of hydrogen-bond acceptors (Lipinski definition) is 3. The maximum Gasteiger partial charge on any atom is 0.306 e. The quantitative estimate of drug-likeness (QED) is 0.780. The van der Waals surface area contributed by atoms with Gasteiger partial charge in [-0.2, -0.15) is 0 Å². The number of hydrogen-bond donors (Lipinski definition) is 1. The van der Waals surface area contributed by atoms with Gasteiger partial charge in [0.2, 0.25) is 5.91 Å². The Morgan fingerprint density at radius 2 is 1.94 bits per heavy atom. The molecule has 2 unspecified atom stereocenters. The van der Waals surface area contributed by atoms with E-state index in [0.29, 0.717) is 32.4 Å². The van der Waals surface area contributed by atoms with Crippen molar-refractivity contribution in [1.82, 2.24) is 4.90 Å². The Kier molecular flexibility index (Phi) is 5.59. The molecular weight excluding hydrogens is 234 g/mol. The van der Waals surface area contributed by atoms with E-state index >= 15 is 0 Å². The number of nitrogens with zero attached hydrogens (tertiary/aromatic N) is 1. The summed E-state index contributed by atoms with van der Waals surface area (Å²) in [4.78, 5) is 25.0. The monoisotopic (exact) mass is 257 g/mol. The zero-order valence-corrected chi connectivity index (χ0v) is 11.4. The van der Waals surface area contributed by atoms with Crippen molar-refractivity contribution in [2.75, 3.05) is 20.3 Å². The standard InChI is InChI=1S/C13H23NO4/c1-9(2)14(6-7-18-3)12(15)10-4-5-11(8-10)13(16)17/h9-11H,4-8H2,1-3H3,(H,16,17). The van der Waals surface area contributed by atoms with Crippen LogP contribution in [0.3, 0.4) is 0 Å². The molecule has 0 saturated heterocycles. The number of carbonyl (C=O) groups is 2. The van der Waals surface area contributed by atoms with Crippen LogP contribution in [0.15, 0.2) is 0 Å². The fourth-order valence-corrected chi connectivity index (χ4v) is 2.48. The van der Waals surface area contributed by atoms with Gasteiger partial charge in [0.15, 0.2) is 0 Å². The first kappa shape index (κ1) is 15.0. The molecule has 5 heteroatoms. The summed E-state index contributed by atoms with van der Waals surface area (Å²) in [6, 6.07) is 0.122. The minimum absolute atomic E-state index is 0.0748. The van der Waals surface area contributed by atoms with Gasteiger partial charge in [-0.1, -0.05) is 0 Å². The van der Waals surface area contributed by atoms with Gasteiger partial charge in [0.25, 0.3) is 0 Å². The van der Waals surface area contributed by atoms with E-state index in [2.05, 4.69) is 0 Å². The third kappa shape index (κ3) is 3.70. The van der Waals surface area contributed by atoms with Crippen LogP contribution in [0.2, 0.25) is 0 Å². The van der Waals surface area contributed by atoms with E-state index < -0.39 is 5.97 Å². The topological polar surface area (TPSA) is 66.8 Å². The molecule has 1 fully saturated rings. The molecule has 1 N–H and O–H groups in total. The first-order chi connectivity index (χ1) is 8.47. The number of rotatable bonds is 6. The molecule has 1 aliphatic carbocycles. The second kappa shape index (κ2) is 6.73. The Bertz CT molecular complexity index is 303. The van der Waals surface area contributed by atoms with E-state index in [1.165, 1.54) is 0 Å². The van der Waals surface area contributed by atoms with Crippen LogP contribution in [0.1, 0.15) is 33.1 Å². The molecule has 0 aromatic carbocycles. The van der Waals surface area contributed by atoms with Crippen molar-refractivity contribution >= 4 is 11.9 Å². The van der Waals surface area contributed by atoms with Crippen LogP contribution in [0.4, 0.5) is 0 Å². The molecule has 0 aromatic heterocycles. The molecule has 0 bridgehead atoms. The van der Waals surface area contributed by atoms with Gasteiger partial charge < -0.3 is 14.7 Å². The minimum Gasteiger partial charge on any atom is -0.481 e. The van der Waals surface area contributed by atoms with Gasteiger partial charge in [-0.3, -0.25) is 9.59 Å². The number of ether oxygens (including phenoxy) is 1. The molecular formula is C13H23NO4. The third-order valence-corrected chi connectivity index (χ3v) is 3.57. The van der Waals surface area contributed by atoms with Crippen LogP contribution in [0, 0.1) is 11.8 Å². The fraction of sp³-hybridized carbons (Fsp3) is 0.846. The Labute approximate surface area is 108 Å². The van der Waals surface area contributed by atoms with E-state index in [0.717, 1.165) is 0 Å². The Morgan fingerprint density at radius 1 is 1.33 bits per heavy atom. The molecule has 18 heavy (non-hydrogen) atoms. The van der Waals surface area contributed by atoms with Gasteiger partial charge in [0.05, 0.1) is 12.5 Å². The summed E-state index contributed by atoms with van der Waals surface area (Å²) in [7, 11) is 1.61. The smallest absolute Gasteiger partial charge is 0.306 e. The van der Waals surface area contributed by atoms with Crippen LogP contribution in [0.25, 0.3) is 0 Å². The number of carboxylic acid groups (broad SMARTS) is 1. The summed E-state index contributed by atoms with van der Waals surface area (Å²) in [5.74, 6) is -1.19. The van der Waals surface area contributed by atoms with Crippen LogP contribution in [-0.2, 0) is 14.3 Å². The average molecular weight is 257 g/mol. The first-order valence-corrected chi connectivity index (χ1v) is 6.49. The zero-order valence-electron chi connectivity index (χ0n) is 11.4. The number of methoxy groups -OCH3 is 1. The van der Waals surface area contributed by atoms with Crippen LogP contribution in [-0.4, -0.2) is 48.2 Å². The Balaban J connectivity index is 2.58. The van der Waals surface area contributed by atoms with Crippen molar-refractivity contribution in [3.8, 4) is 0 Å². The van der Waals surface area contributed by atoms with Gasteiger partial charge in [-0.15, -0.1) is 0 Å². The summed E-state index contributed by atoms with van der Waals surface area (Å²) >= 11 is 0. The van der Waals surface area contributed by atoms with Gasteiger partial charge >= 0.3 is 5.97 Å². The van der Waals surface area contributed by atoms with Gasteiger partial charge in [-0.05, 0) is 33.1 Å². The molecule has 0 radical (unpaired) electrons. The molecule has 1 amide bonds. The lowest BCUT2D eigenvalue weighted by Crippen LogP contribution is -2.42. The van der Waals surface area contributed by atoms with Crippen LogP contribution < -0.4 is 0 Å². The van der Waals surface area contributed by atoms with Crippen molar-refractivity contribution in [2.45, 2.75) is 39.2 Å². The highest BCUT2D eigenvalue weighted by molar-refractivity contribution is 5.81. The fourth-order valence-electron chi connectivity index (χ4n) is 2.48. The van der Waals surface area contributed by atoms with Crippen molar-refractivity contribution in [3.05, 3.63) is 0 Å². The van der Waals surface area contributed by atoms with Crippen molar-refractivity contribution < 1.29 is 19.4 Å². The van der Waals surface area contributed by atoms with Crippen molar-refractivity contribution in [3.63, 3.8) is 0 Å². The zero-order chi connectivity index (χ0) is 13.7. The maximum absolute atomic E-state index is 12.3. The molecule has 1 aliphatic rings. The Hall–Kier alpha value is -1.10. The molecule has 5 nitrogen and oxygen atoms in total. The SMILES string of the molecule is COCCN(C(=O)C1CCC(C(=O)O)C1)C(C)C. The van der Waals surface area contributed by atoms with Gasteiger partial charge in [-0.25, -0.2) is 0 Å². The van der Waals surface area contributed by atoms with Crippen LogP contribution >= 0.6 is 0 Å². The summed E-state index contributed by atoms with van der Waals surface area (Å²) in [5, 5.41) is 8.96. The van der Waals surface area contributed by atoms with Crippen molar-refractivity contribution in [1.29, 1.82) is 0 Å².